The number of ether oxygens (including phenoxy) is 1. The molecule has 0 aromatic carbocycles. The molecule has 2 heterocycles. The molecule has 0 bridgehead atoms. The molecule has 0 saturated carbocycles. The lowest BCUT2D eigenvalue weighted by Gasteiger charge is -2.33. The summed E-state index contributed by atoms with van der Waals surface area (Å²) in [5, 5.41) is 0. The van der Waals surface area contributed by atoms with Gasteiger partial charge in [-0.1, -0.05) is 0 Å². The lowest BCUT2D eigenvalue weighted by atomic mass is 10.0. The first-order chi connectivity index (χ1) is 9.72. The molecule has 0 spiro atoms. The first-order valence-corrected chi connectivity index (χ1v) is 6.91. The highest BCUT2D eigenvalue weighted by atomic mass is 16.5. The fraction of sp³-hybridized carbons (Fsp3) is 0.467. The van der Waals surface area contributed by atoms with Crippen molar-refractivity contribution in [3.05, 3.63) is 30.2 Å². The van der Waals surface area contributed by atoms with Gasteiger partial charge >= 0.3 is 5.97 Å². The second-order valence-corrected chi connectivity index (χ2v) is 4.64. The fourth-order valence-corrected chi connectivity index (χ4v) is 2.31. The van der Waals surface area contributed by atoms with Gasteiger partial charge in [0.15, 0.2) is 0 Å². The van der Waals surface area contributed by atoms with Gasteiger partial charge in [0.2, 0.25) is 5.91 Å². The highest BCUT2D eigenvalue weighted by Crippen LogP contribution is 2.19. The normalized spacial score (nSPS) is 19.2. The molecule has 2 rings (SSSR count). The predicted octanol–water partition coefficient (Wildman–Crippen LogP) is 2.24. The van der Waals surface area contributed by atoms with Crippen LogP contribution in [-0.4, -0.2) is 36.0 Å². The summed E-state index contributed by atoms with van der Waals surface area (Å²) in [6, 6.07) is 3.06. The summed E-state index contributed by atoms with van der Waals surface area (Å²) < 4.78 is 10.2. The van der Waals surface area contributed by atoms with E-state index in [4.69, 9.17) is 9.15 Å². The standard InChI is InChI=1S/C15H19NO4/c1-2-19-15(18)13-7-3-4-10-16(13)14(17)9-8-12-6-5-11-20-12/h5-6,8-9,11,13H,2-4,7,10H2,1H3/b9-8+. The van der Waals surface area contributed by atoms with Crippen molar-refractivity contribution >= 4 is 18.0 Å². The van der Waals surface area contributed by atoms with Gasteiger partial charge in [0, 0.05) is 12.6 Å². The lowest BCUT2D eigenvalue weighted by molar-refractivity contribution is -0.155. The lowest BCUT2D eigenvalue weighted by Crippen LogP contribution is -2.48. The van der Waals surface area contributed by atoms with Crippen LogP contribution in [0.15, 0.2) is 28.9 Å². The average Bonchev–Trinajstić information content (AvgIpc) is 2.98. The molecule has 1 atom stereocenters. The quantitative estimate of drug-likeness (QED) is 0.625. The maximum Gasteiger partial charge on any atom is 0.328 e. The first-order valence-electron chi connectivity index (χ1n) is 6.91. The molecule has 1 saturated heterocycles. The second-order valence-electron chi connectivity index (χ2n) is 4.64. The monoisotopic (exact) mass is 277 g/mol. The Morgan fingerprint density at radius 2 is 2.35 bits per heavy atom. The van der Waals surface area contributed by atoms with Crippen LogP contribution < -0.4 is 0 Å². The van der Waals surface area contributed by atoms with Crippen molar-refractivity contribution in [1.29, 1.82) is 0 Å². The van der Waals surface area contributed by atoms with E-state index in [-0.39, 0.29) is 11.9 Å². The highest BCUT2D eigenvalue weighted by Gasteiger charge is 2.32. The molecule has 1 fully saturated rings. The van der Waals surface area contributed by atoms with Crippen LogP contribution in [0, 0.1) is 0 Å². The predicted molar refractivity (Wildman–Crippen MR) is 73.7 cm³/mol. The highest BCUT2D eigenvalue weighted by molar-refractivity contribution is 5.94. The Balaban J connectivity index is 2.03. The average molecular weight is 277 g/mol. The van der Waals surface area contributed by atoms with E-state index in [9.17, 15) is 9.59 Å². The van der Waals surface area contributed by atoms with E-state index in [1.807, 2.05) is 0 Å². The van der Waals surface area contributed by atoms with Crippen LogP contribution in [0.4, 0.5) is 0 Å². The zero-order valence-corrected chi connectivity index (χ0v) is 11.6. The van der Waals surface area contributed by atoms with Crippen molar-refractivity contribution < 1.29 is 18.7 Å². The zero-order chi connectivity index (χ0) is 14.4. The Bertz CT molecular complexity index is 478. The summed E-state index contributed by atoms with van der Waals surface area (Å²) in [7, 11) is 0. The summed E-state index contributed by atoms with van der Waals surface area (Å²) in [5.74, 6) is 0.120. The van der Waals surface area contributed by atoms with Crippen LogP contribution in [0.2, 0.25) is 0 Å². The summed E-state index contributed by atoms with van der Waals surface area (Å²) >= 11 is 0. The van der Waals surface area contributed by atoms with Crippen LogP contribution >= 0.6 is 0 Å². The number of hydrogen-bond acceptors (Lipinski definition) is 4. The molecule has 0 N–H and O–H groups in total. The number of amides is 1. The molecule has 108 valence electrons. The van der Waals surface area contributed by atoms with Crippen molar-refractivity contribution in [2.24, 2.45) is 0 Å². The van der Waals surface area contributed by atoms with Crippen LogP contribution in [0.5, 0.6) is 0 Å². The number of piperidine rings is 1. The smallest absolute Gasteiger partial charge is 0.328 e. The van der Waals surface area contributed by atoms with Crippen molar-refractivity contribution in [2.45, 2.75) is 32.2 Å². The first kappa shape index (κ1) is 14.4. The Morgan fingerprint density at radius 3 is 3.05 bits per heavy atom. The Labute approximate surface area is 118 Å². The van der Waals surface area contributed by atoms with Gasteiger partial charge in [0.1, 0.15) is 11.8 Å². The molecule has 20 heavy (non-hydrogen) atoms. The summed E-state index contributed by atoms with van der Waals surface area (Å²) in [5.41, 5.74) is 0. The number of carbonyl (C=O) groups excluding carboxylic acids is 2. The Morgan fingerprint density at radius 1 is 1.50 bits per heavy atom. The molecule has 1 amide bonds. The fourth-order valence-electron chi connectivity index (χ4n) is 2.31. The van der Waals surface area contributed by atoms with Gasteiger partial charge in [0.25, 0.3) is 0 Å². The molecule has 0 aliphatic carbocycles. The third-order valence-corrected chi connectivity index (χ3v) is 3.28. The Kier molecular flexibility index (Phi) is 4.98. The molecular formula is C15H19NO4. The van der Waals surface area contributed by atoms with Gasteiger partial charge in [-0.15, -0.1) is 0 Å². The van der Waals surface area contributed by atoms with Gasteiger partial charge in [0.05, 0.1) is 12.9 Å². The van der Waals surface area contributed by atoms with Gasteiger partial charge < -0.3 is 14.1 Å². The minimum Gasteiger partial charge on any atom is -0.465 e. The van der Waals surface area contributed by atoms with Crippen LogP contribution in [0.3, 0.4) is 0 Å². The van der Waals surface area contributed by atoms with Crippen molar-refractivity contribution in [2.75, 3.05) is 13.2 Å². The van der Waals surface area contributed by atoms with Gasteiger partial charge in [-0.25, -0.2) is 4.79 Å². The Hall–Kier alpha value is -2.04. The molecule has 1 aliphatic heterocycles. The van der Waals surface area contributed by atoms with E-state index in [0.717, 1.165) is 12.8 Å². The second kappa shape index (κ2) is 6.93. The number of furan rings is 1. The third-order valence-electron chi connectivity index (χ3n) is 3.28. The van der Waals surface area contributed by atoms with Crippen LogP contribution in [0.1, 0.15) is 31.9 Å². The van der Waals surface area contributed by atoms with Crippen molar-refractivity contribution in [3.63, 3.8) is 0 Å². The van der Waals surface area contributed by atoms with Crippen molar-refractivity contribution in [3.8, 4) is 0 Å². The number of nitrogens with zero attached hydrogens (tertiary/aromatic N) is 1. The number of hydrogen-bond donors (Lipinski definition) is 0. The summed E-state index contributed by atoms with van der Waals surface area (Å²) in [4.78, 5) is 25.7. The molecule has 5 heteroatoms. The molecular weight excluding hydrogens is 258 g/mol. The SMILES string of the molecule is CCOC(=O)C1CCCCN1C(=O)/C=C/c1ccco1. The minimum absolute atomic E-state index is 0.181. The van der Waals surface area contributed by atoms with E-state index in [2.05, 4.69) is 0 Å². The molecule has 0 radical (unpaired) electrons. The topological polar surface area (TPSA) is 59.8 Å². The number of likely N-dealkylation sites (tertiary alicyclic amines) is 1. The summed E-state index contributed by atoms with van der Waals surface area (Å²) in [6.45, 7) is 2.69. The third kappa shape index (κ3) is 3.50. The molecule has 1 aromatic rings. The van der Waals surface area contributed by atoms with Crippen LogP contribution in [0.25, 0.3) is 6.08 Å². The van der Waals surface area contributed by atoms with Gasteiger partial charge in [-0.3, -0.25) is 4.79 Å². The molecule has 5 nitrogen and oxygen atoms in total. The van der Waals surface area contributed by atoms with E-state index < -0.39 is 6.04 Å². The van der Waals surface area contributed by atoms with E-state index in [0.29, 0.717) is 25.3 Å². The van der Waals surface area contributed by atoms with E-state index in [1.165, 1.54) is 6.08 Å². The molecule has 1 aliphatic rings. The molecule has 1 unspecified atom stereocenters. The zero-order valence-electron chi connectivity index (χ0n) is 11.6. The number of rotatable bonds is 4. The van der Waals surface area contributed by atoms with E-state index in [1.54, 1.807) is 36.3 Å². The van der Waals surface area contributed by atoms with E-state index >= 15 is 0 Å². The number of esters is 1. The largest absolute Gasteiger partial charge is 0.465 e. The van der Waals surface area contributed by atoms with Crippen LogP contribution in [-0.2, 0) is 14.3 Å². The maximum absolute atomic E-state index is 12.2. The van der Waals surface area contributed by atoms with Gasteiger partial charge in [-0.05, 0) is 44.4 Å². The maximum atomic E-state index is 12.2. The van der Waals surface area contributed by atoms with Gasteiger partial charge in [-0.2, -0.15) is 0 Å². The summed E-state index contributed by atoms with van der Waals surface area (Å²) in [6.07, 6.45) is 7.12. The molecule has 1 aromatic heterocycles. The minimum atomic E-state index is -0.461. The van der Waals surface area contributed by atoms with Crippen molar-refractivity contribution in [1.82, 2.24) is 4.90 Å². The number of carbonyl (C=O) groups is 2.